The maximum atomic E-state index is 12.9. The highest BCUT2D eigenvalue weighted by atomic mass is 35.5. The Bertz CT molecular complexity index is 1080. The van der Waals surface area contributed by atoms with Gasteiger partial charge in [-0.3, -0.25) is 0 Å². The number of benzene rings is 2. The van der Waals surface area contributed by atoms with E-state index in [1.807, 2.05) is 6.92 Å². The van der Waals surface area contributed by atoms with Crippen molar-refractivity contribution in [3.05, 3.63) is 76.0 Å². The fourth-order valence-corrected chi connectivity index (χ4v) is 4.46. The first-order valence-corrected chi connectivity index (χ1v) is 10.7. The van der Waals surface area contributed by atoms with Crippen LogP contribution in [0.5, 0.6) is 0 Å². The molecule has 2 aromatic carbocycles. The second kappa shape index (κ2) is 8.26. The molecule has 1 aliphatic rings. The van der Waals surface area contributed by atoms with Crippen LogP contribution in [0.25, 0.3) is 0 Å². The molecule has 2 N–H and O–H groups in total. The van der Waals surface area contributed by atoms with E-state index in [0.717, 1.165) is 5.56 Å². The predicted octanol–water partition coefficient (Wildman–Crippen LogP) is 2.90. The Morgan fingerprint density at radius 1 is 1.10 bits per heavy atom. The topological polar surface area (TPSA) is 102 Å². The summed E-state index contributed by atoms with van der Waals surface area (Å²) in [5.41, 5.74) is 1.47. The minimum absolute atomic E-state index is 0.0186. The van der Waals surface area contributed by atoms with E-state index in [1.54, 1.807) is 36.4 Å². The SMILES string of the molecule is COC(=O)C1=C(CS(=O)(=O)c2ccc(C)cc2)NC(=O)N[C@@H]1c1ccc(Cl)cc1. The average Bonchev–Trinajstić information content (AvgIpc) is 2.67. The molecule has 1 atom stereocenters. The molecular formula is C20H19ClN2O5S. The number of nitrogens with one attached hydrogen (secondary N) is 2. The molecule has 0 saturated carbocycles. The van der Waals surface area contributed by atoms with Crippen molar-refractivity contribution in [1.29, 1.82) is 0 Å². The molecule has 152 valence electrons. The zero-order valence-electron chi connectivity index (χ0n) is 15.7. The van der Waals surface area contributed by atoms with Crippen molar-refractivity contribution in [2.24, 2.45) is 0 Å². The van der Waals surface area contributed by atoms with Crippen molar-refractivity contribution >= 4 is 33.4 Å². The van der Waals surface area contributed by atoms with Gasteiger partial charge in [0.15, 0.2) is 9.84 Å². The minimum Gasteiger partial charge on any atom is -0.466 e. The van der Waals surface area contributed by atoms with Gasteiger partial charge in [0.2, 0.25) is 0 Å². The van der Waals surface area contributed by atoms with E-state index < -0.39 is 33.6 Å². The van der Waals surface area contributed by atoms with Crippen LogP contribution < -0.4 is 10.6 Å². The van der Waals surface area contributed by atoms with Crippen molar-refractivity contribution in [3.63, 3.8) is 0 Å². The third-order valence-electron chi connectivity index (χ3n) is 4.48. The van der Waals surface area contributed by atoms with Crippen molar-refractivity contribution in [1.82, 2.24) is 10.6 Å². The molecule has 0 aromatic heterocycles. The summed E-state index contributed by atoms with van der Waals surface area (Å²) in [6, 6.07) is 11.4. The summed E-state index contributed by atoms with van der Waals surface area (Å²) in [5.74, 6) is -1.30. The van der Waals surface area contributed by atoms with Gasteiger partial charge in [-0.25, -0.2) is 18.0 Å². The summed E-state index contributed by atoms with van der Waals surface area (Å²) in [7, 11) is -2.63. The molecular weight excluding hydrogens is 416 g/mol. The van der Waals surface area contributed by atoms with Gasteiger partial charge < -0.3 is 15.4 Å². The number of ether oxygens (including phenoxy) is 1. The molecule has 2 amide bonds. The third-order valence-corrected chi connectivity index (χ3v) is 6.39. The van der Waals surface area contributed by atoms with Crippen LogP contribution in [0.2, 0.25) is 5.02 Å². The monoisotopic (exact) mass is 434 g/mol. The highest BCUT2D eigenvalue weighted by molar-refractivity contribution is 7.91. The van der Waals surface area contributed by atoms with Crippen LogP contribution in [-0.2, 0) is 19.4 Å². The van der Waals surface area contributed by atoms with Crippen LogP contribution >= 0.6 is 11.6 Å². The second-order valence-electron chi connectivity index (χ2n) is 6.54. The van der Waals surface area contributed by atoms with E-state index in [-0.39, 0.29) is 16.2 Å². The lowest BCUT2D eigenvalue weighted by molar-refractivity contribution is -0.136. The summed E-state index contributed by atoms with van der Waals surface area (Å²) >= 11 is 5.92. The van der Waals surface area contributed by atoms with Crippen LogP contribution in [0.3, 0.4) is 0 Å². The number of hydrogen-bond acceptors (Lipinski definition) is 5. The standard InChI is InChI=1S/C20H19ClN2O5S/c1-12-3-9-15(10-4-12)29(26,27)11-16-17(19(24)28-2)18(23-20(25)22-16)13-5-7-14(21)8-6-13/h3-10,18H,11H2,1-2H3,(H2,22,23,25)/t18-/m1/s1. The number of hydrogen-bond donors (Lipinski definition) is 2. The van der Waals surface area contributed by atoms with Gasteiger partial charge in [0.1, 0.15) is 0 Å². The van der Waals surface area contributed by atoms with Gasteiger partial charge in [-0.15, -0.1) is 0 Å². The lowest BCUT2D eigenvalue weighted by Gasteiger charge is -2.29. The Morgan fingerprint density at radius 3 is 2.31 bits per heavy atom. The molecule has 0 aliphatic carbocycles. The molecule has 3 rings (SSSR count). The molecule has 29 heavy (non-hydrogen) atoms. The van der Waals surface area contributed by atoms with Gasteiger partial charge in [-0.05, 0) is 36.8 Å². The number of carbonyl (C=O) groups excluding carboxylic acids is 2. The Labute approximate surface area is 173 Å². The molecule has 0 fully saturated rings. The van der Waals surface area contributed by atoms with Crippen LogP contribution in [0.1, 0.15) is 17.2 Å². The number of rotatable bonds is 5. The third kappa shape index (κ3) is 4.60. The van der Waals surface area contributed by atoms with Gasteiger partial charge in [-0.2, -0.15) is 0 Å². The Morgan fingerprint density at radius 2 is 1.72 bits per heavy atom. The van der Waals surface area contributed by atoms with Gasteiger partial charge in [0.05, 0.1) is 29.4 Å². The van der Waals surface area contributed by atoms with E-state index in [9.17, 15) is 18.0 Å². The molecule has 1 aliphatic heterocycles. The second-order valence-corrected chi connectivity index (χ2v) is 8.96. The fourth-order valence-electron chi connectivity index (χ4n) is 3.01. The van der Waals surface area contributed by atoms with Crippen molar-refractivity contribution in [2.75, 3.05) is 12.9 Å². The predicted molar refractivity (Wildman–Crippen MR) is 108 cm³/mol. The number of aryl methyl sites for hydroxylation is 1. The van der Waals surface area contributed by atoms with E-state index in [1.165, 1.54) is 19.2 Å². The molecule has 0 radical (unpaired) electrons. The molecule has 0 spiro atoms. The van der Waals surface area contributed by atoms with E-state index in [0.29, 0.717) is 10.6 Å². The zero-order chi connectivity index (χ0) is 21.2. The Kier molecular flexibility index (Phi) is 5.95. The summed E-state index contributed by atoms with van der Waals surface area (Å²) < 4.78 is 30.6. The molecule has 0 bridgehead atoms. The average molecular weight is 435 g/mol. The van der Waals surface area contributed by atoms with Crippen LogP contribution in [-0.4, -0.2) is 33.3 Å². The Hall–Kier alpha value is -2.84. The van der Waals surface area contributed by atoms with Crippen molar-refractivity contribution in [2.45, 2.75) is 17.9 Å². The molecule has 7 nitrogen and oxygen atoms in total. The lowest BCUT2D eigenvalue weighted by atomic mass is 9.95. The number of urea groups is 1. The van der Waals surface area contributed by atoms with E-state index >= 15 is 0 Å². The number of methoxy groups -OCH3 is 1. The summed E-state index contributed by atoms with van der Waals surface area (Å²) in [6.07, 6.45) is 0. The van der Waals surface area contributed by atoms with Gasteiger partial charge in [0, 0.05) is 10.7 Å². The first-order chi connectivity index (χ1) is 13.7. The van der Waals surface area contributed by atoms with Crippen LogP contribution in [0, 0.1) is 6.92 Å². The maximum Gasteiger partial charge on any atom is 0.338 e. The molecule has 1 heterocycles. The van der Waals surface area contributed by atoms with Crippen LogP contribution in [0.4, 0.5) is 4.79 Å². The summed E-state index contributed by atoms with van der Waals surface area (Å²) in [6.45, 7) is 1.85. The van der Waals surface area contributed by atoms with Gasteiger partial charge >= 0.3 is 12.0 Å². The number of carbonyl (C=O) groups is 2. The quantitative estimate of drug-likeness (QED) is 0.704. The van der Waals surface area contributed by atoms with E-state index in [2.05, 4.69) is 10.6 Å². The minimum atomic E-state index is -3.82. The number of esters is 1. The molecule has 0 saturated heterocycles. The fraction of sp³-hybridized carbons (Fsp3) is 0.200. The highest BCUT2D eigenvalue weighted by Crippen LogP contribution is 2.30. The van der Waals surface area contributed by atoms with Crippen molar-refractivity contribution in [3.8, 4) is 0 Å². The first-order valence-electron chi connectivity index (χ1n) is 8.65. The largest absolute Gasteiger partial charge is 0.466 e. The number of sulfone groups is 1. The normalized spacial score (nSPS) is 16.8. The van der Waals surface area contributed by atoms with Gasteiger partial charge in [0.25, 0.3) is 0 Å². The zero-order valence-corrected chi connectivity index (χ0v) is 17.3. The lowest BCUT2D eigenvalue weighted by Crippen LogP contribution is -2.47. The van der Waals surface area contributed by atoms with E-state index in [4.69, 9.17) is 16.3 Å². The molecule has 0 unspecified atom stereocenters. The molecule has 2 aromatic rings. The Balaban J connectivity index is 2.08. The van der Waals surface area contributed by atoms with Crippen LogP contribution in [0.15, 0.2) is 64.7 Å². The highest BCUT2D eigenvalue weighted by Gasteiger charge is 2.35. The molecule has 9 heteroatoms. The van der Waals surface area contributed by atoms with Crippen molar-refractivity contribution < 1.29 is 22.7 Å². The van der Waals surface area contributed by atoms with Gasteiger partial charge in [-0.1, -0.05) is 41.4 Å². The number of amides is 2. The smallest absolute Gasteiger partial charge is 0.338 e. The maximum absolute atomic E-state index is 12.9. The number of halogens is 1. The summed E-state index contributed by atoms with van der Waals surface area (Å²) in [5, 5.41) is 5.57. The first kappa shape index (κ1) is 20.9. The summed E-state index contributed by atoms with van der Waals surface area (Å²) in [4.78, 5) is 24.8.